The Hall–Kier alpha value is -1.89. The fourth-order valence-electron chi connectivity index (χ4n) is 1.96. The monoisotopic (exact) mass is 398 g/mol. The molecular weight excluding hydrogens is 376 g/mol. The van der Waals surface area contributed by atoms with Crippen LogP contribution in [0, 0.1) is 5.92 Å². The zero-order valence-corrected chi connectivity index (χ0v) is 15.4. The maximum absolute atomic E-state index is 11.9. The van der Waals surface area contributed by atoms with Gasteiger partial charge in [-0.1, -0.05) is 60.1 Å². The lowest BCUT2D eigenvalue weighted by Crippen LogP contribution is -2.46. The van der Waals surface area contributed by atoms with Crippen molar-refractivity contribution in [3.8, 4) is 0 Å². The number of carboxylic acids is 1. The number of alkyl halides is 1. The molecule has 1 rings (SSSR count). The van der Waals surface area contributed by atoms with Crippen LogP contribution in [-0.4, -0.2) is 40.3 Å². The van der Waals surface area contributed by atoms with Gasteiger partial charge < -0.3 is 15.7 Å². The van der Waals surface area contributed by atoms with Gasteiger partial charge in [0.15, 0.2) is 0 Å². The molecule has 0 aliphatic heterocycles. The normalized spacial score (nSPS) is 13.2. The third-order valence-corrected chi connectivity index (χ3v) is 4.85. The Morgan fingerprint density at radius 2 is 1.75 bits per heavy atom. The second-order valence-corrected chi connectivity index (χ2v) is 7.07. The smallest absolute Gasteiger partial charge is 0.326 e. The standard InChI is InChI=1S/C17H23BrN2O4/c1-11(2)13(18)9-15(21)19-10-16(22)20-14(17(23)24)8-12-6-4-3-5-7-12/h3-7,11,13-14H,8-10H2,1-2H3,(H,19,21)(H,20,22)(H,23,24)/t13-,14+/m1/s1. The van der Waals surface area contributed by atoms with E-state index in [1.807, 2.05) is 32.0 Å². The molecule has 0 aliphatic rings. The van der Waals surface area contributed by atoms with Crippen LogP contribution in [-0.2, 0) is 20.8 Å². The first-order valence-corrected chi connectivity index (χ1v) is 8.68. The fourth-order valence-corrected chi connectivity index (χ4v) is 2.25. The van der Waals surface area contributed by atoms with Crippen LogP contribution in [0.1, 0.15) is 25.8 Å². The molecule has 7 heteroatoms. The Labute approximate surface area is 150 Å². The molecule has 0 heterocycles. The highest BCUT2D eigenvalue weighted by Gasteiger charge is 2.21. The Morgan fingerprint density at radius 1 is 1.12 bits per heavy atom. The zero-order valence-electron chi connectivity index (χ0n) is 13.8. The molecule has 0 radical (unpaired) electrons. The number of carbonyl (C=O) groups excluding carboxylic acids is 2. The van der Waals surface area contributed by atoms with Gasteiger partial charge in [-0.3, -0.25) is 9.59 Å². The second-order valence-electron chi connectivity index (χ2n) is 5.89. The highest BCUT2D eigenvalue weighted by molar-refractivity contribution is 9.09. The van der Waals surface area contributed by atoms with Crippen molar-refractivity contribution in [1.82, 2.24) is 10.6 Å². The van der Waals surface area contributed by atoms with E-state index in [1.165, 1.54) is 0 Å². The van der Waals surface area contributed by atoms with Crippen molar-refractivity contribution in [3.63, 3.8) is 0 Å². The largest absolute Gasteiger partial charge is 0.480 e. The predicted octanol–water partition coefficient (Wildman–Crippen LogP) is 1.72. The molecule has 24 heavy (non-hydrogen) atoms. The number of hydrogen-bond donors (Lipinski definition) is 3. The number of hydrogen-bond acceptors (Lipinski definition) is 3. The number of aliphatic carboxylic acids is 1. The number of amides is 2. The summed E-state index contributed by atoms with van der Waals surface area (Å²) in [6, 6.07) is 8.01. The van der Waals surface area contributed by atoms with Crippen molar-refractivity contribution >= 4 is 33.7 Å². The summed E-state index contributed by atoms with van der Waals surface area (Å²) in [5.74, 6) is -1.59. The molecule has 132 valence electrons. The number of benzene rings is 1. The average molecular weight is 399 g/mol. The van der Waals surface area contributed by atoms with Gasteiger partial charge in [-0.05, 0) is 11.5 Å². The summed E-state index contributed by atoms with van der Waals surface area (Å²) in [6.07, 6.45) is 0.448. The molecule has 2 atom stereocenters. The van der Waals surface area contributed by atoms with E-state index in [1.54, 1.807) is 12.1 Å². The van der Waals surface area contributed by atoms with Gasteiger partial charge in [-0.25, -0.2) is 4.79 Å². The number of carbonyl (C=O) groups is 3. The summed E-state index contributed by atoms with van der Waals surface area (Å²) in [6.45, 7) is 3.73. The van der Waals surface area contributed by atoms with Crippen molar-refractivity contribution in [1.29, 1.82) is 0 Å². The van der Waals surface area contributed by atoms with Crippen molar-refractivity contribution in [3.05, 3.63) is 35.9 Å². The molecule has 1 aromatic rings. The first-order valence-electron chi connectivity index (χ1n) is 7.76. The molecule has 0 aromatic heterocycles. The Bertz CT molecular complexity index is 563. The number of nitrogens with one attached hydrogen (secondary N) is 2. The molecule has 0 saturated heterocycles. The van der Waals surface area contributed by atoms with Crippen molar-refractivity contribution in [2.75, 3.05) is 6.54 Å². The minimum absolute atomic E-state index is 0.0328. The zero-order chi connectivity index (χ0) is 18.1. The van der Waals surface area contributed by atoms with Crippen LogP contribution in [0.2, 0.25) is 0 Å². The SMILES string of the molecule is CC(C)[C@H](Br)CC(=O)NCC(=O)N[C@@H](Cc1ccccc1)C(=O)O. The molecule has 3 N–H and O–H groups in total. The summed E-state index contributed by atoms with van der Waals surface area (Å²) in [4.78, 5) is 34.9. The van der Waals surface area contributed by atoms with Gasteiger partial charge >= 0.3 is 5.97 Å². The molecular formula is C17H23BrN2O4. The van der Waals surface area contributed by atoms with E-state index in [-0.39, 0.29) is 30.1 Å². The molecule has 0 bridgehead atoms. The Balaban J connectivity index is 2.46. The maximum Gasteiger partial charge on any atom is 0.326 e. The van der Waals surface area contributed by atoms with Crippen LogP contribution >= 0.6 is 15.9 Å². The molecule has 0 spiro atoms. The van der Waals surface area contributed by atoms with E-state index in [0.29, 0.717) is 5.92 Å². The van der Waals surface area contributed by atoms with Crippen LogP contribution in [0.5, 0.6) is 0 Å². The molecule has 0 unspecified atom stereocenters. The van der Waals surface area contributed by atoms with Crippen LogP contribution in [0.4, 0.5) is 0 Å². The van der Waals surface area contributed by atoms with Gasteiger partial charge in [0.1, 0.15) is 6.04 Å². The molecule has 6 nitrogen and oxygen atoms in total. The van der Waals surface area contributed by atoms with Crippen molar-refractivity contribution in [2.24, 2.45) is 5.92 Å². The highest BCUT2D eigenvalue weighted by atomic mass is 79.9. The van der Waals surface area contributed by atoms with E-state index >= 15 is 0 Å². The van der Waals surface area contributed by atoms with E-state index < -0.39 is 17.9 Å². The second kappa shape index (κ2) is 10.1. The van der Waals surface area contributed by atoms with Crippen molar-refractivity contribution in [2.45, 2.75) is 37.6 Å². The van der Waals surface area contributed by atoms with Crippen LogP contribution in [0.25, 0.3) is 0 Å². The number of rotatable bonds is 9. The van der Waals surface area contributed by atoms with Crippen LogP contribution < -0.4 is 10.6 Å². The third kappa shape index (κ3) is 7.59. The van der Waals surface area contributed by atoms with Gasteiger partial charge in [0.25, 0.3) is 0 Å². The van der Waals surface area contributed by atoms with E-state index in [4.69, 9.17) is 0 Å². The van der Waals surface area contributed by atoms with Crippen molar-refractivity contribution < 1.29 is 19.5 Å². The van der Waals surface area contributed by atoms with Gasteiger partial charge in [-0.15, -0.1) is 0 Å². The van der Waals surface area contributed by atoms with Crippen LogP contribution in [0.3, 0.4) is 0 Å². The summed E-state index contributed by atoms with van der Waals surface area (Å²) in [5, 5.41) is 14.2. The first-order chi connectivity index (χ1) is 11.3. The van der Waals surface area contributed by atoms with Gasteiger partial charge in [0.05, 0.1) is 6.54 Å². The van der Waals surface area contributed by atoms with E-state index in [2.05, 4.69) is 26.6 Å². The average Bonchev–Trinajstić information content (AvgIpc) is 2.53. The quantitative estimate of drug-likeness (QED) is 0.551. The van der Waals surface area contributed by atoms with Gasteiger partial charge in [0.2, 0.25) is 11.8 Å². The summed E-state index contributed by atoms with van der Waals surface area (Å²) in [5.41, 5.74) is 0.813. The topological polar surface area (TPSA) is 95.5 Å². The first kappa shape index (κ1) is 20.2. The molecule has 0 fully saturated rings. The number of carboxylic acid groups (broad SMARTS) is 1. The fraction of sp³-hybridized carbons (Fsp3) is 0.471. The predicted molar refractivity (Wildman–Crippen MR) is 94.9 cm³/mol. The third-order valence-electron chi connectivity index (χ3n) is 3.47. The molecule has 2 amide bonds. The summed E-state index contributed by atoms with van der Waals surface area (Å²) >= 11 is 3.41. The lowest BCUT2D eigenvalue weighted by molar-refractivity contribution is -0.141. The lowest BCUT2D eigenvalue weighted by Gasteiger charge is -2.16. The molecule has 0 aliphatic carbocycles. The van der Waals surface area contributed by atoms with Gasteiger partial charge in [-0.2, -0.15) is 0 Å². The minimum atomic E-state index is -1.11. The number of halogens is 1. The maximum atomic E-state index is 11.9. The summed E-state index contributed by atoms with van der Waals surface area (Å²) < 4.78 is 0. The minimum Gasteiger partial charge on any atom is -0.480 e. The highest BCUT2D eigenvalue weighted by Crippen LogP contribution is 2.15. The van der Waals surface area contributed by atoms with Gasteiger partial charge in [0, 0.05) is 17.7 Å². The Kier molecular flexibility index (Phi) is 8.46. The van der Waals surface area contributed by atoms with E-state index in [9.17, 15) is 19.5 Å². The molecule has 0 saturated carbocycles. The summed E-state index contributed by atoms with van der Waals surface area (Å²) in [7, 11) is 0. The Morgan fingerprint density at radius 3 is 2.29 bits per heavy atom. The van der Waals surface area contributed by atoms with E-state index in [0.717, 1.165) is 5.56 Å². The molecule has 1 aromatic carbocycles. The van der Waals surface area contributed by atoms with Crippen LogP contribution in [0.15, 0.2) is 30.3 Å². The lowest BCUT2D eigenvalue weighted by atomic mass is 10.1.